The predicted octanol–water partition coefficient (Wildman–Crippen LogP) is 2.38. The molecule has 0 aromatic heterocycles. The summed E-state index contributed by atoms with van der Waals surface area (Å²) in [7, 11) is 0. The van der Waals surface area contributed by atoms with Crippen molar-refractivity contribution in [3.05, 3.63) is 0 Å². The maximum absolute atomic E-state index is 9.49. The minimum absolute atomic E-state index is 0. The lowest BCUT2D eigenvalue weighted by Gasteiger charge is -2.44. The van der Waals surface area contributed by atoms with Crippen LogP contribution in [0.4, 0.5) is 0 Å². The Morgan fingerprint density at radius 3 is 2.30 bits per heavy atom. The van der Waals surface area contributed by atoms with Crippen LogP contribution in [0.3, 0.4) is 0 Å². The third-order valence-corrected chi connectivity index (χ3v) is 4.96. The summed E-state index contributed by atoms with van der Waals surface area (Å²) in [4.78, 5) is 4.67. The summed E-state index contributed by atoms with van der Waals surface area (Å²) < 4.78 is 5.24. The third-order valence-electron chi connectivity index (χ3n) is 4.96. The summed E-state index contributed by atoms with van der Waals surface area (Å²) in [5.41, 5.74) is 0.299. The van der Waals surface area contributed by atoms with Gasteiger partial charge in [0.1, 0.15) is 0 Å². The normalized spacial score (nSPS) is 21.9. The van der Waals surface area contributed by atoms with Gasteiger partial charge in [-0.2, -0.15) is 0 Å². The molecule has 23 heavy (non-hydrogen) atoms. The van der Waals surface area contributed by atoms with E-state index in [-0.39, 0.29) is 36.0 Å². The van der Waals surface area contributed by atoms with Crippen LogP contribution in [0, 0.1) is 16.7 Å². The van der Waals surface area contributed by atoms with E-state index >= 15 is 0 Å². The van der Waals surface area contributed by atoms with Gasteiger partial charge in [0.25, 0.3) is 0 Å². The molecule has 0 spiro atoms. The van der Waals surface area contributed by atoms with E-state index in [0.29, 0.717) is 25.2 Å². The Labute approximate surface area is 158 Å². The van der Waals surface area contributed by atoms with Gasteiger partial charge in [0, 0.05) is 13.1 Å². The molecule has 2 aliphatic rings. The Balaban J connectivity index is 0.00000264. The van der Waals surface area contributed by atoms with Gasteiger partial charge in [-0.3, -0.25) is 4.99 Å². The van der Waals surface area contributed by atoms with Gasteiger partial charge in [0.2, 0.25) is 0 Å². The zero-order chi connectivity index (χ0) is 16.1. The number of nitrogens with one attached hydrogen (secondary N) is 2. The fraction of sp³-hybridized carbons (Fsp3) is 0.941. The van der Waals surface area contributed by atoms with E-state index < -0.39 is 0 Å². The number of aliphatic imine (C=N–C) groups is 1. The number of nitrogens with zero attached hydrogens (tertiary/aromatic N) is 1. The molecule has 1 aliphatic heterocycles. The second kappa shape index (κ2) is 9.42. The van der Waals surface area contributed by atoms with Crippen molar-refractivity contribution in [3.63, 3.8) is 0 Å². The SMILES string of the molecule is CCNC(=NCC1(CO)COC1)NCC1(CC(C)C)CCC1.I. The molecular weight excluding hydrogens is 405 g/mol. The van der Waals surface area contributed by atoms with Gasteiger partial charge < -0.3 is 20.5 Å². The monoisotopic (exact) mass is 439 g/mol. The van der Waals surface area contributed by atoms with Crippen LogP contribution in [0.25, 0.3) is 0 Å². The van der Waals surface area contributed by atoms with Crippen LogP contribution >= 0.6 is 24.0 Å². The Morgan fingerprint density at radius 2 is 1.91 bits per heavy atom. The quantitative estimate of drug-likeness (QED) is 0.309. The summed E-state index contributed by atoms with van der Waals surface area (Å²) in [5, 5.41) is 16.3. The Hall–Kier alpha value is -0.0800. The molecule has 2 rings (SSSR count). The minimum Gasteiger partial charge on any atom is -0.396 e. The zero-order valence-corrected chi connectivity index (χ0v) is 17.2. The fourth-order valence-electron chi connectivity index (χ4n) is 3.48. The standard InChI is InChI=1S/C17H33N3O2.HI/c1-4-18-15(20-10-17(11-21)12-22-13-17)19-9-16(6-5-7-16)8-14(2)3;/h14,21H,4-13H2,1-3H3,(H2,18,19,20);1H. The van der Waals surface area contributed by atoms with Gasteiger partial charge in [-0.05, 0) is 37.5 Å². The maximum atomic E-state index is 9.49. The molecule has 0 radical (unpaired) electrons. The van der Waals surface area contributed by atoms with Crippen molar-refractivity contribution in [3.8, 4) is 0 Å². The Bertz CT molecular complexity index is 375. The van der Waals surface area contributed by atoms with Crippen LogP contribution in [0.1, 0.15) is 46.5 Å². The van der Waals surface area contributed by atoms with E-state index in [1.165, 1.54) is 25.7 Å². The second-order valence-electron chi connectivity index (χ2n) is 7.65. The van der Waals surface area contributed by atoms with Crippen LogP contribution in [-0.4, -0.2) is 50.5 Å². The molecule has 1 saturated heterocycles. The van der Waals surface area contributed by atoms with E-state index in [1.54, 1.807) is 0 Å². The Kier molecular flexibility index (Phi) is 8.58. The molecule has 0 bridgehead atoms. The summed E-state index contributed by atoms with van der Waals surface area (Å²) in [5.74, 6) is 1.61. The first-order valence-electron chi connectivity index (χ1n) is 8.74. The zero-order valence-electron chi connectivity index (χ0n) is 14.9. The number of rotatable bonds is 8. The summed E-state index contributed by atoms with van der Waals surface area (Å²) in [6.45, 7) is 10.5. The van der Waals surface area contributed by atoms with Gasteiger partial charge in [-0.25, -0.2) is 0 Å². The Morgan fingerprint density at radius 1 is 1.22 bits per heavy atom. The highest BCUT2D eigenvalue weighted by Gasteiger charge is 2.39. The van der Waals surface area contributed by atoms with E-state index in [2.05, 4.69) is 36.4 Å². The minimum atomic E-state index is -0.158. The molecule has 3 N–H and O–H groups in total. The molecular formula is C17H34IN3O2. The number of hydrogen-bond acceptors (Lipinski definition) is 3. The number of halogens is 1. The van der Waals surface area contributed by atoms with Crippen molar-refractivity contribution in [1.29, 1.82) is 0 Å². The number of guanidine groups is 1. The molecule has 5 nitrogen and oxygen atoms in total. The number of hydrogen-bond donors (Lipinski definition) is 3. The third kappa shape index (κ3) is 5.74. The first-order valence-corrected chi connectivity index (χ1v) is 8.74. The van der Waals surface area contributed by atoms with Crippen LogP contribution in [0.2, 0.25) is 0 Å². The average Bonchev–Trinajstić information content (AvgIpc) is 2.40. The highest BCUT2D eigenvalue weighted by molar-refractivity contribution is 14.0. The molecule has 1 heterocycles. The topological polar surface area (TPSA) is 65.9 Å². The fourth-order valence-corrected chi connectivity index (χ4v) is 3.48. The van der Waals surface area contributed by atoms with Gasteiger partial charge >= 0.3 is 0 Å². The summed E-state index contributed by atoms with van der Waals surface area (Å²) >= 11 is 0. The lowest BCUT2D eigenvalue weighted by molar-refractivity contribution is -0.130. The van der Waals surface area contributed by atoms with Crippen LogP contribution < -0.4 is 10.6 Å². The van der Waals surface area contributed by atoms with E-state index in [1.807, 2.05) is 0 Å². The van der Waals surface area contributed by atoms with Crippen molar-refractivity contribution >= 4 is 29.9 Å². The maximum Gasteiger partial charge on any atom is 0.191 e. The summed E-state index contributed by atoms with van der Waals surface area (Å²) in [6, 6.07) is 0. The van der Waals surface area contributed by atoms with Gasteiger partial charge in [-0.1, -0.05) is 20.3 Å². The summed E-state index contributed by atoms with van der Waals surface area (Å²) in [6.07, 6.45) is 5.29. The van der Waals surface area contributed by atoms with Gasteiger partial charge in [-0.15, -0.1) is 24.0 Å². The highest BCUT2D eigenvalue weighted by Crippen LogP contribution is 2.45. The molecule has 136 valence electrons. The molecule has 2 fully saturated rings. The number of ether oxygens (including phenoxy) is 1. The molecule has 1 aliphatic carbocycles. The van der Waals surface area contributed by atoms with Crippen LogP contribution in [-0.2, 0) is 4.74 Å². The lowest BCUT2D eigenvalue weighted by Crippen LogP contribution is -2.50. The van der Waals surface area contributed by atoms with Crippen molar-refractivity contribution in [1.82, 2.24) is 10.6 Å². The molecule has 6 heteroatoms. The highest BCUT2D eigenvalue weighted by atomic mass is 127. The van der Waals surface area contributed by atoms with Crippen LogP contribution in [0.5, 0.6) is 0 Å². The molecule has 0 aromatic carbocycles. The average molecular weight is 439 g/mol. The van der Waals surface area contributed by atoms with E-state index in [4.69, 9.17) is 4.74 Å². The smallest absolute Gasteiger partial charge is 0.191 e. The molecule has 0 atom stereocenters. The van der Waals surface area contributed by atoms with Crippen molar-refractivity contribution in [2.24, 2.45) is 21.7 Å². The molecule has 0 amide bonds. The second-order valence-corrected chi connectivity index (χ2v) is 7.65. The van der Waals surface area contributed by atoms with Crippen molar-refractivity contribution in [2.45, 2.75) is 46.5 Å². The van der Waals surface area contributed by atoms with Crippen molar-refractivity contribution < 1.29 is 9.84 Å². The predicted molar refractivity (Wildman–Crippen MR) is 105 cm³/mol. The first kappa shape index (κ1) is 21.0. The first-order chi connectivity index (χ1) is 10.5. The number of aliphatic hydroxyl groups excluding tert-OH is 1. The lowest BCUT2D eigenvalue weighted by atomic mass is 9.64. The van der Waals surface area contributed by atoms with Crippen LogP contribution in [0.15, 0.2) is 4.99 Å². The van der Waals surface area contributed by atoms with E-state index in [0.717, 1.165) is 25.0 Å². The molecule has 0 aromatic rings. The number of aliphatic hydroxyl groups is 1. The largest absolute Gasteiger partial charge is 0.396 e. The molecule has 0 unspecified atom stereocenters. The van der Waals surface area contributed by atoms with E-state index in [9.17, 15) is 5.11 Å². The van der Waals surface area contributed by atoms with Gasteiger partial charge in [0.15, 0.2) is 5.96 Å². The van der Waals surface area contributed by atoms with Crippen molar-refractivity contribution in [2.75, 3.05) is 39.5 Å². The van der Waals surface area contributed by atoms with Gasteiger partial charge in [0.05, 0.1) is 31.8 Å². The molecule has 1 saturated carbocycles.